The third-order valence-corrected chi connectivity index (χ3v) is 4.23. The number of carbonyl (C=O) groups is 2. The molecule has 1 aliphatic heterocycles. The van der Waals surface area contributed by atoms with Crippen molar-refractivity contribution in [2.45, 2.75) is 26.3 Å². The number of nitrogens with one attached hydrogen (secondary N) is 3. The molecule has 0 saturated heterocycles. The maximum atomic E-state index is 12.9. The number of ether oxygens (including phenoxy) is 1. The van der Waals surface area contributed by atoms with E-state index in [1.807, 2.05) is 61.5 Å². The predicted octanol–water partition coefficient (Wildman–Crippen LogP) is 3.74. The molecule has 0 unspecified atom stereocenters. The van der Waals surface area contributed by atoms with Crippen molar-refractivity contribution in [1.29, 1.82) is 0 Å². The largest absolute Gasteiger partial charge is 0.494 e. The topological polar surface area (TPSA) is 79.5 Å². The zero-order valence-electron chi connectivity index (χ0n) is 15.4. The molecule has 2 aromatic carbocycles. The second-order valence-corrected chi connectivity index (χ2v) is 6.31. The first-order valence-corrected chi connectivity index (χ1v) is 8.96. The molecule has 3 rings (SSSR count). The molecule has 27 heavy (non-hydrogen) atoms. The van der Waals surface area contributed by atoms with Crippen LogP contribution in [0, 0.1) is 0 Å². The van der Waals surface area contributed by atoms with Gasteiger partial charge in [-0.15, -0.1) is 0 Å². The van der Waals surface area contributed by atoms with Crippen LogP contribution in [0.5, 0.6) is 5.75 Å². The number of urea groups is 1. The molecule has 0 spiro atoms. The molecule has 0 aromatic heterocycles. The van der Waals surface area contributed by atoms with Gasteiger partial charge in [0.2, 0.25) is 0 Å². The van der Waals surface area contributed by atoms with Gasteiger partial charge in [-0.2, -0.15) is 0 Å². The monoisotopic (exact) mass is 365 g/mol. The van der Waals surface area contributed by atoms with Gasteiger partial charge in [-0.05, 0) is 43.2 Å². The summed E-state index contributed by atoms with van der Waals surface area (Å²) in [4.78, 5) is 24.9. The van der Waals surface area contributed by atoms with Crippen molar-refractivity contribution in [3.05, 3.63) is 71.4 Å². The molecule has 1 atom stereocenters. The molecule has 0 radical (unpaired) electrons. The second kappa shape index (κ2) is 8.40. The van der Waals surface area contributed by atoms with Crippen molar-refractivity contribution in [1.82, 2.24) is 10.6 Å². The van der Waals surface area contributed by atoms with Crippen molar-refractivity contribution in [2.75, 3.05) is 11.9 Å². The summed E-state index contributed by atoms with van der Waals surface area (Å²) in [7, 11) is 0. The maximum absolute atomic E-state index is 12.9. The second-order valence-electron chi connectivity index (χ2n) is 6.31. The first-order valence-electron chi connectivity index (χ1n) is 8.96. The van der Waals surface area contributed by atoms with E-state index in [1.165, 1.54) is 0 Å². The van der Waals surface area contributed by atoms with Gasteiger partial charge in [-0.25, -0.2) is 4.79 Å². The smallest absolute Gasteiger partial charge is 0.319 e. The van der Waals surface area contributed by atoms with Crippen LogP contribution in [0.3, 0.4) is 0 Å². The molecule has 0 aliphatic carbocycles. The molecule has 3 amide bonds. The maximum Gasteiger partial charge on any atom is 0.319 e. The molecule has 2 aromatic rings. The van der Waals surface area contributed by atoms with E-state index >= 15 is 0 Å². The summed E-state index contributed by atoms with van der Waals surface area (Å²) in [5.74, 6) is 0.499. The Balaban J connectivity index is 1.86. The summed E-state index contributed by atoms with van der Waals surface area (Å²) in [6.07, 6.45) is 0.928. The van der Waals surface area contributed by atoms with E-state index < -0.39 is 6.04 Å². The molecule has 0 saturated carbocycles. The van der Waals surface area contributed by atoms with Crippen molar-refractivity contribution in [2.24, 2.45) is 0 Å². The minimum absolute atomic E-state index is 0.262. The van der Waals surface area contributed by atoms with Gasteiger partial charge in [0.25, 0.3) is 5.91 Å². The Morgan fingerprint density at radius 2 is 1.81 bits per heavy atom. The number of hydrogen-bond donors (Lipinski definition) is 3. The van der Waals surface area contributed by atoms with Crippen molar-refractivity contribution < 1.29 is 14.3 Å². The molecule has 0 bridgehead atoms. The molecular formula is C21H23N3O3. The third kappa shape index (κ3) is 4.47. The lowest BCUT2D eigenvalue weighted by molar-refractivity contribution is -0.113. The lowest BCUT2D eigenvalue weighted by Crippen LogP contribution is -2.45. The molecule has 1 heterocycles. The number of anilines is 1. The summed E-state index contributed by atoms with van der Waals surface area (Å²) >= 11 is 0. The molecule has 6 nitrogen and oxygen atoms in total. The predicted molar refractivity (Wildman–Crippen MR) is 104 cm³/mol. The van der Waals surface area contributed by atoms with E-state index in [1.54, 1.807) is 6.92 Å². The summed E-state index contributed by atoms with van der Waals surface area (Å²) in [5.41, 5.74) is 2.51. The van der Waals surface area contributed by atoms with Gasteiger partial charge in [-0.1, -0.05) is 37.3 Å². The lowest BCUT2D eigenvalue weighted by atomic mass is 9.94. The Hall–Kier alpha value is -3.28. The lowest BCUT2D eigenvalue weighted by Gasteiger charge is -2.28. The van der Waals surface area contributed by atoms with Crippen molar-refractivity contribution in [3.8, 4) is 5.75 Å². The van der Waals surface area contributed by atoms with E-state index in [0.717, 1.165) is 17.7 Å². The highest BCUT2D eigenvalue weighted by Gasteiger charge is 2.31. The van der Waals surface area contributed by atoms with Crippen LogP contribution in [0.15, 0.2) is 65.9 Å². The molecular weight excluding hydrogens is 342 g/mol. The number of allylic oxidation sites excluding steroid dienone is 1. The van der Waals surface area contributed by atoms with Crippen LogP contribution >= 0.6 is 0 Å². The highest BCUT2D eigenvalue weighted by molar-refractivity contribution is 6.06. The first kappa shape index (κ1) is 18.5. The first-order chi connectivity index (χ1) is 13.1. The summed E-state index contributed by atoms with van der Waals surface area (Å²) in [6, 6.07) is 15.8. The Morgan fingerprint density at radius 1 is 1.11 bits per heavy atom. The highest BCUT2D eigenvalue weighted by atomic mass is 16.5. The van der Waals surface area contributed by atoms with Crippen LogP contribution in [0.2, 0.25) is 0 Å². The standard InChI is InChI=1S/C21H23N3O3/c1-3-13-27-17-11-9-15(10-12-17)19-18(14(2)22-21(26)24-19)20(25)23-16-7-5-4-6-8-16/h4-12,19H,3,13H2,1-2H3,(H,23,25)(H2,22,24,26)/t19-/m0/s1. The zero-order valence-corrected chi connectivity index (χ0v) is 15.4. The fourth-order valence-electron chi connectivity index (χ4n) is 2.94. The molecule has 0 fully saturated rings. The fourth-order valence-corrected chi connectivity index (χ4v) is 2.94. The quantitative estimate of drug-likeness (QED) is 0.729. The Labute approximate surface area is 158 Å². The Morgan fingerprint density at radius 3 is 2.48 bits per heavy atom. The third-order valence-electron chi connectivity index (χ3n) is 4.23. The van der Waals surface area contributed by atoms with E-state index in [-0.39, 0.29) is 11.9 Å². The number of amides is 3. The van der Waals surface area contributed by atoms with Gasteiger partial charge in [-0.3, -0.25) is 4.79 Å². The minimum Gasteiger partial charge on any atom is -0.494 e. The van der Waals surface area contributed by atoms with Gasteiger partial charge in [0.15, 0.2) is 0 Å². The summed E-state index contributed by atoms with van der Waals surface area (Å²) < 4.78 is 5.60. The average molecular weight is 365 g/mol. The van der Waals surface area contributed by atoms with Crippen LogP contribution in [-0.4, -0.2) is 18.5 Å². The molecule has 6 heteroatoms. The van der Waals surface area contributed by atoms with Crippen molar-refractivity contribution in [3.63, 3.8) is 0 Å². The molecule has 140 valence electrons. The van der Waals surface area contributed by atoms with E-state index in [4.69, 9.17) is 4.74 Å². The van der Waals surface area contributed by atoms with Gasteiger partial charge < -0.3 is 20.7 Å². The van der Waals surface area contributed by atoms with Gasteiger partial charge in [0.05, 0.1) is 18.2 Å². The normalized spacial score (nSPS) is 16.4. The Kier molecular flexibility index (Phi) is 5.76. The van der Waals surface area contributed by atoms with Crippen LogP contribution in [0.25, 0.3) is 0 Å². The summed E-state index contributed by atoms with van der Waals surface area (Å²) in [5, 5.41) is 8.40. The van der Waals surface area contributed by atoms with Gasteiger partial charge >= 0.3 is 6.03 Å². The summed E-state index contributed by atoms with van der Waals surface area (Å²) in [6.45, 7) is 4.42. The minimum atomic E-state index is -0.539. The fraction of sp³-hybridized carbons (Fsp3) is 0.238. The number of rotatable bonds is 6. The number of benzene rings is 2. The van der Waals surface area contributed by atoms with E-state index in [0.29, 0.717) is 23.6 Å². The van der Waals surface area contributed by atoms with Gasteiger partial charge in [0.1, 0.15) is 5.75 Å². The van der Waals surface area contributed by atoms with Crippen molar-refractivity contribution >= 4 is 17.6 Å². The van der Waals surface area contributed by atoms with Crippen LogP contribution in [-0.2, 0) is 4.79 Å². The van der Waals surface area contributed by atoms with Crippen LogP contribution in [0.4, 0.5) is 10.5 Å². The van der Waals surface area contributed by atoms with E-state index in [2.05, 4.69) is 16.0 Å². The average Bonchev–Trinajstić information content (AvgIpc) is 2.67. The van der Waals surface area contributed by atoms with Gasteiger partial charge in [0, 0.05) is 11.4 Å². The zero-order chi connectivity index (χ0) is 19.2. The number of carbonyl (C=O) groups excluding carboxylic acids is 2. The SMILES string of the molecule is CCCOc1ccc([C@@H]2NC(=O)NC(C)=C2C(=O)Nc2ccccc2)cc1. The highest BCUT2D eigenvalue weighted by Crippen LogP contribution is 2.29. The van der Waals surface area contributed by atoms with Crippen LogP contribution in [0.1, 0.15) is 31.9 Å². The number of hydrogen-bond acceptors (Lipinski definition) is 3. The Bertz CT molecular complexity index is 845. The molecule has 3 N–H and O–H groups in total. The van der Waals surface area contributed by atoms with Crippen LogP contribution < -0.4 is 20.7 Å². The van der Waals surface area contributed by atoms with E-state index in [9.17, 15) is 9.59 Å². The molecule has 1 aliphatic rings. The number of para-hydroxylation sites is 1.